The lowest BCUT2D eigenvalue weighted by atomic mass is 10.2. The molecule has 1 amide bonds. The van der Waals surface area contributed by atoms with E-state index in [0.717, 1.165) is 0 Å². The highest BCUT2D eigenvalue weighted by Gasteiger charge is 2.35. The number of benzene rings is 1. The topological polar surface area (TPSA) is 78.9 Å². The first-order valence-electron chi connectivity index (χ1n) is 6.56. The van der Waals surface area contributed by atoms with Gasteiger partial charge in [0.1, 0.15) is 11.4 Å². The largest absolute Gasteiger partial charge is 0.421 e. The third kappa shape index (κ3) is 3.87. The molecule has 1 heterocycles. The molecule has 23 heavy (non-hydrogen) atoms. The maximum Gasteiger partial charge on any atom is 0.421 e. The number of anilines is 3. The Morgan fingerprint density at radius 2 is 1.78 bits per heavy atom. The molecule has 0 aliphatic heterocycles. The average Bonchev–Trinajstić information content (AvgIpc) is 2.53. The normalized spacial score (nSPS) is 11.0. The minimum absolute atomic E-state index is 0.00930. The van der Waals surface area contributed by atoms with Gasteiger partial charge in [-0.15, -0.1) is 0 Å². The first kappa shape index (κ1) is 16.5. The van der Waals surface area contributed by atoms with Crippen LogP contribution in [0, 0.1) is 0 Å². The second-order valence-electron chi connectivity index (χ2n) is 4.49. The Morgan fingerprint density at radius 3 is 2.30 bits per heavy atom. The Kier molecular flexibility index (Phi) is 4.68. The van der Waals surface area contributed by atoms with E-state index in [1.54, 1.807) is 24.3 Å². The Morgan fingerprint density at radius 1 is 1.13 bits per heavy atom. The highest BCUT2D eigenvalue weighted by molar-refractivity contribution is 5.94. The molecule has 0 fully saturated rings. The van der Waals surface area contributed by atoms with E-state index in [1.165, 1.54) is 14.1 Å². The number of halogens is 3. The SMILES string of the molecule is CNC(=O)c1ccc(Nc2ncc(C(F)(F)F)c(NC)n2)cc1. The minimum Gasteiger partial charge on any atom is -0.372 e. The van der Waals surface area contributed by atoms with Crippen LogP contribution in [0.15, 0.2) is 30.5 Å². The van der Waals surface area contributed by atoms with Crippen LogP contribution < -0.4 is 16.0 Å². The molecule has 0 atom stereocenters. The fourth-order valence-electron chi connectivity index (χ4n) is 1.82. The molecule has 0 spiro atoms. The van der Waals surface area contributed by atoms with Gasteiger partial charge >= 0.3 is 6.18 Å². The number of aromatic nitrogens is 2. The van der Waals surface area contributed by atoms with Crippen LogP contribution in [-0.2, 0) is 6.18 Å². The van der Waals surface area contributed by atoms with Gasteiger partial charge in [-0.2, -0.15) is 18.2 Å². The monoisotopic (exact) mass is 325 g/mol. The van der Waals surface area contributed by atoms with E-state index in [1.807, 2.05) is 0 Å². The van der Waals surface area contributed by atoms with Crippen molar-refractivity contribution in [3.8, 4) is 0 Å². The number of hydrogen-bond donors (Lipinski definition) is 3. The predicted octanol–water partition coefficient (Wildman–Crippen LogP) is 2.64. The number of amides is 1. The Hall–Kier alpha value is -2.84. The summed E-state index contributed by atoms with van der Waals surface area (Å²) in [5.41, 5.74) is 0.0577. The van der Waals surface area contributed by atoms with Crippen LogP contribution in [0.2, 0.25) is 0 Å². The summed E-state index contributed by atoms with van der Waals surface area (Å²) in [4.78, 5) is 18.9. The van der Waals surface area contributed by atoms with Crippen molar-refractivity contribution in [1.82, 2.24) is 15.3 Å². The van der Waals surface area contributed by atoms with E-state index in [9.17, 15) is 18.0 Å². The van der Waals surface area contributed by atoms with Crippen LogP contribution in [-0.4, -0.2) is 30.0 Å². The fraction of sp³-hybridized carbons (Fsp3) is 0.214. The van der Waals surface area contributed by atoms with Gasteiger partial charge in [0.15, 0.2) is 0 Å². The Labute approximate surface area is 130 Å². The minimum atomic E-state index is -4.54. The molecule has 0 bridgehead atoms. The summed E-state index contributed by atoms with van der Waals surface area (Å²) in [6.07, 6.45) is -3.83. The van der Waals surface area contributed by atoms with Gasteiger partial charge in [0.05, 0.1) is 0 Å². The quantitative estimate of drug-likeness (QED) is 0.805. The number of carbonyl (C=O) groups is 1. The van der Waals surface area contributed by atoms with Crippen molar-refractivity contribution in [3.63, 3.8) is 0 Å². The lowest BCUT2D eigenvalue weighted by Crippen LogP contribution is -2.17. The molecule has 0 saturated heterocycles. The van der Waals surface area contributed by atoms with Crippen LogP contribution in [0.4, 0.5) is 30.6 Å². The maximum absolute atomic E-state index is 12.8. The predicted molar refractivity (Wildman–Crippen MR) is 79.7 cm³/mol. The van der Waals surface area contributed by atoms with Crippen molar-refractivity contribution in [2.45, 2.75) is 6.18 Å². The summed E-state index contributed by atoms with van der Waals surface area (Å²) < 4.78 is 38.3. The first-order valence-corrected chi connectivity index (χ1v) is 6.56. The second kappa shape index (κ2) is 6.51. The molecule has 0 aliphatic carbocycles. The first-order chi connectivity index (χ1) is 10.8. The molecule has 2 aromatic rings. The van der Waals surface area contributed by atoms with Crippen molar-refractivity contribution in [3.05, 3.63) is 41.6 Å². The zero-order valence-corrected chi connectivity index (χ0v) is 12.3. The number of nitrogens with zero attached hydrogens (tertiary/aromatic N) is 2. The van der Waals surface area contributed by atoms with E-state index in [2.05, 4.69) is 25.9 Å². The van der Waals surface area contributed by atoms with Gasteiger partial charge in [0.2, 0.25) is 5.95 Å². The number of rotatable bonds is 4. The van der Waals surface area contributed by atoms with Crippen LogP contribution >= 0.6 is 0 Å². The molecule has 1 aromatic heterocycles. The maximum atomic E-state index is 12.8. The number of carbonyl (C=O) groups excluding carboxylic acids is 1. The molecular formula is C14H14F3N5O. The third-order valence-electron chi connectivity index (χ3n) is 2.96. The molecule has 6 nitrogen and oxygen atoms in total. The number of alkyl halides is 3. The van der Waals surface area contributed by atoms with E-state index < -0.39 is 11.7 Å². The zero-order chi connectivity index (χ0) is 17.0. The fourth-order valence-corrected chi connectivity index (χ4v) is 1.82. The van der Waals surface area contributed by atoms with Crippen molar-refractivity contribution in [2.24, 2.45) is 0 Å². The van der Waals surface area contributed by atoms with Crippen LogP contribution in [0.1, 0.15) is 15.9 Å². The van der Waals surface area contributed by atoms with Gasteiger partial charge in [0.25, 0.3) is 5.91 Å². The van der Waals surface area contributed by atoms with E-state index in [0.29, 0.717) is 17.4 Å². The lowest BCUT2D eigenvalue weighted by molar-refractivity contribution is -0.137. The molecule has 3 N–H and O–H groups in total. The molecule has 0 aliphatic rings. The molecular weight excluding hydrogens is 311 g/mol. The Balaban J connectivity index is 2.22. The van der Waals surface area contributed by atoms with Gasteiger partial charge in [-0.05, 0) is 24.3 Å². The van der Waals surface area contributed by atoms with E-state index in [-0.39, 0.29) is 17.7 Å². The number of hydrogen-bond acceptors (Lipinski definition) is 5. The number of nitrogens with one attached hydrogen (secondary N) is 3. The summed E-state index contributed by atoms with van der Waals surface area (Å²) in [6, 6.07) is 6.35. The van der Waals surface area contributed by atoms with Gasteiger partial charge in [-0.3, -0.25) is 4.79 Å². The van der Waals surface area contributed by atoms with E-state index >= 15 is 0 Å². The summed E-state index contributed by atoms with van der Waals surface area (Å²) in [7, 11) is 2.86. The third-order valence-corrected chi connectivity index (χ3v) is 2.96. The zero-order valence-electron chi connectivity index (χ0n) is 12.3. The van der Waals surface area contributed by atoms with Crippen LogP contribution in [0.5, 0.6) is 0 Å². The summed E-state index contributed by atoms with van der Waals surface area (Å²) >= 11 is 0. The Bertz CT molecular complexity index is 701. The molecule has 0 radical (unpaired) electrons. The summed E-state index contributed by atoms with van der Waals surface area (Å²) in [6.45, 7) is 0. The van der Waals surface area contributed by atoms with Crippen molar-refractivity contribution >= 4 is 23.4 Å². The second-order valence-corrected chi connectivity index (χ2v) is 4.49. The standard InChI is InChI=1S/C14H14F3N5O/c1-18-11-10(14(15,16)17)7-20-13(22-11)21-9-5-3-8(4-6-9)12(23)19-2/h3-7H,1-2H3,(H,19,23)(H2,18,20,21,22). The van der Waals surface area contributed by atoms with Crippen molar-refractivity contribution in [1.29, 1.82) is 0 Å². The molecule has 122 valence electrons. The van der Waals surface area contributed by atoms with Gasteiger partial charge in [-0.1, -0.05) is 0 Å². The molecule has 2 rings (SSSR count). The summed E-state index contributed by atoms with van der Waals surface area (Å²) in [5, 5.41) is 7.66. The van der Waals surface area contributed by atoms with Gasteiger partial charge in [0, 0.05) is 31.5 Å². The van der Waals surface area contributed by atoms with Crippen LogP contribution in [0.25, 0.3) is 0 Å². The molecule has 1 aromatic carbocycles. The average molecular weight is 325 g/mol. The molecule has 0 saturated carbocycles. The molecule has 0 unspecified atom stereocenters. The summed E-state index contributed by atoms with van der Waals surface area (Å²) in [5.74, 6) is -0.549. The highest BCUT2D eigenvalue weighted by atomic mass is 19.4. The van der Waals surface area contributed by atoms with Crippen molar-refractivity contribution in [2.75, 3.05) is 24.7 Å². The van der Waals surface area contributed by atoms with Gasteiger partial charge < -0.3 is 16.0 Å². The lowest BCUT2D eigenvalue weighted by Gasteiger charge is -2.13. The van der Waals surface area contributed by atoms with Crippen molar-refractivity contribution < 1.29 is 18.0 Å². The highest BCUT2D eigenvalue weighted by Crippen LogP contribution is 2.33. The van der Waals surface area contributed by atoms with Gasteiger partial charge in [-0.25, -0.2) is 4.98 Å². The van der Waals surface area contributed by atoms with E-state index in [4.69, 9.17) is 0 Å². The van der Waals surface area contributed by atoms with Crippen LogP contribution in [0.3, 0.4) is 0 Å². The smallest absolute Gasteiger partial charge is 0.372 e. The molecule has 9 heteroatoms.